The van der Waals surface area contributed by atoms with Crippen LogP contribution in [0.4, 0.5) is 9.18 Å². The van der Waals surface area contributed by atoms with Crippen LogP contribution < -0.4 is 15.4 Å². The molecule has 1 aliphatic carbocycles. The minimum absolute atomic E-state index is 0.192. The highest BCUT2D eigenvalue weighted by molar-refractivity contribution is 5.74. The third kappa shape index (κ3) is 4.12. The zero-order chi connectivity index (χ0) is 16.1. The number of urea groups is 1. The number of nitrogens with one attached hydrogen (secondary N) is 2. The van der Waals surface area contributed by atoms with Crippen molar-refractivity contribution < 1.29 is 13.9 Å². The number of hydrogen-bond acceptors (Lipinski definition) is 2. The monoisotopic (exact) mass is 308 g/mol. The molecule has 0 unspecified atom stereocenters. The van der Waals surface area contributed by atoms with Crippen LogP contribution in [0.5, 0.6) is 5.75 Å². The summed E-state index contributed by atoms with van der Waals surface area (Å²) in [6.45, 7) is 4.01. The first-order valence-electron chi connectivity index (χ1n) is 7.91. The first-order chi connectivity index (χ1) is 10.5. The van der Waals surface area contributed by atoms with Crippen molar-refractivity contribution in [2.75, 3.05) is 7.11 Å². The summed E-state index contributed by atoms with van der Waals surface area (Å²) in [5.41, 5.74) is 0.713. The van der Waals surface area contributed by atoms with E-state index in [1.807, 2.05) is 6.92 Å². The van der Waals surface area contributed by atoms with E-state index in [1.54, 1.807) is 12.1 Å². The summed E-state index contributed by atoms with van der Waals surface area (Å²) >= 11 is 0. The largest absolute Gasteiger partial charge is 0.494 e. The van der Waals surface area contributed by atoms with Crippen molar-refractivity contribution >= 4 is 6.03 Å². The van der Waals surface area contributed by atoms with Crippen LogP contribution in [-0.2, 0) is 0 Å². The lowest BCUT2D eigenvalue weighted by molar-refractivity contribution is 0.219. The molecule has 0 aliphatic heterocycles. The fourth-order valence-electron chi connectivity index (χ4n) is 2.97. The molecule has 2 amide bonds. The van der Waals surface area contributed by atoms with Gasteiger partial charge in [-0.1, -0.05) is 25.8 Å². The molecule has 0 saturated heterocycles. The van der Waals surface area contributed by atoms with Crippen LogP contribution in [-0.4, -0.2) is 19.2 Å². The zero-order valence-corrected chi connectivity index (χ0v) is 13.5. The molecule has 2 N–H and O–H groups in total. The highest BCUT2D eigenvalue weighted by atomic mass is 19.1. The average molecular weight is 308 g/mol. The fraction of sp³-hybridized carbons (Fsp3) is 0.588. The van der Waals surface area contributed by atoms with Gasteiger partial charge < -0.3 is 15.4 Å². The second-order valence-electron chi connectivity index (χ2n) is 6.10. The number of benzene rings is 1. The molecule has 0 radical (unpaired) electrons. The van der Waals surface area contributed by atoms with E-state index in [4.69, 9.17) is 4.74 Å². The molecule has 22 heavy (non-hydrogen) atoms. The summed E-state index contributed by atoms with van der Waals surface area (Å²) in [5, 5.41) is 5.91. The first-order valence-corrected chi connectivity index (χ1v) is 7.91. The normalized spacial score (nSPS) is 22.7. The Labute approximate surface area is 131 Å². The standard InChI is InChI=1S/C17H25FN2O2/c1-11-6-4-5-7-15(11)20-17(21)19-12(2)13-8-9-16(22-3)14(18)10-13/h8-12,15H,4-7H2,1-3H3,(H2,19,20,21)/t11-,12-,15+/m0/s1. The van der Waals surface area contributed by atoms with Gasteiger partial charge in [0.05, 0.1) is 13.2 Å². The predicted octanol–water partition coefficient (Wildman–Crippen LogP) is 3.77. The molecule has 122 valence electrons. The van der Waals surface area contributed by atoms with E-state index in [0.717, 1.165) is 19.3 Å². The van der Waals surface area contributed by atoms with Gasteiger partial charge in [-0.25, -0.2) is 9.18 Å². The molecule has 0 heterocycles. The van der Waals surface area contributed by atoms with Crippen molar-refractivity contribution in [2.45, 2.75) is 51.6 Å². The maximum absolute atomic E-state index is 13.7. The van der Waals surface area contributed by atoms with Crippen LogP contribution in [0.25, 0.3) is 0 Å². The molecular weight excluding hydrogens is 283 g/mol. The van der Waals surface area contributed by atoms with Crippen molar-refractivity contribution in [3.05, 3.63) is 29.6 Å². The predicted molar refractivity (Wildman–Crippen MR) is 84.5 cm³/mol. The van der Waals surface area contributed by atoms with Gasteiger partial charge in [-0.15, -0.1) is 0 Å². The third-order valence-electron chi connectivity index (χ3n) is 4.45. The van der Waals surface area contributed by atoms with E-state index in [1.165, 1.54) is 19.6 Å². The summed E-state index contributed by atoms with van der Waals surface area (Å²) in [4.78, 5) is 12.1. The summed E-state index contributed by atoms with van der Waals surface area (Å²) in [5.74, 6) is 0.291. The van der Waals surface area contributed by atoms with Gasteiger partial charge >= 0.3 is 6.03 Å². The van der Waals surface area contributed by atoms with Crippen molar-refractivity contribution in [3.63, 3.8) is 0 Å². The third-order valence-corrected chi connectivity index (χ3v) is 4.45. The number of hydrogen-bond donors (Lipinski definition) is 2. The quantitative estimate of drug-likeness (QED) is 0.889. The molecule has 1 saturated carbocycles. The summed E-state index contributed by atoms with van der Waals surface area (Å²) in [6.07, 6.45) is 4.58. The lowest BCUT2D eigenvalue weighted by atomic mass is 9.86. The van der Waals surface area contributed by atoms with Gasteiger partial charge in [0.15, 0.2) is 11.6 Å². The van der Waals surface area contributed by atoms with Crippen LogP contribution in [0.3, 0.4) is 0 Å². The molecular formula is C17H25FN2O2. The summed E-state index contributed by atoms with van der Waals surface area (Å²) in [7, 11) is 1.43. The Bertz CT molecular complexity index is 521. The molecule has 2 rings (SSSR count). The van der Waals surface area contributed by atoms with E-state index in [2.05, 4.69) is 17.6 Å². The molecule has 4 nitrogen and oxygen atoms in total. The topological polar surface area (TPSA) is 50.4 Å². The summed E-state index contributed by atoms with van der Waals surface area (Å²) in [6, 6.07) is 4.50. The Morgan fingerprint density at radius 2 is 2.09 bits per heavy atom. The first kappa shape index (κ1) is 16.6. The number of carbonyl (C=O) groups excluding carboxylic acids is 1. The molecule has 0 spiro atoms. The van der Waals surface area contributed by atoms with Crippen LogP contribution in [0.1, 0.15) is 51.1 Å². The maximum atomic E-state index is 13.7. The minimum atomic E-state index is -0.421. The second-order valence-corrected chi connectivity index (χ2v) is 6.10. The Morgan fingerprint density at radius 3 is 2.73 bits per heavy atom. The van der Waals surface area contributed by atoms with Crippen molar-refractivity contribution in [1.29, 1.82) is 0 Å². The lowest BCUT2D eigenvalue weighted by Crippen LogP contribution is -2.46. The molecule has 1 fully saturated rings. The summed E-state index contributed by atoms with van der Waals surface area (Å²) < 4.78 is 18.6. The molecule has 0 bridgehead atoms. The lowest BCUT2D eigenvalue weighted by Gasteiger charge is -2.30. The molecule has 5 heteroatoms. The number of ether oxygens (including phenoxy) is 1. The minimum Gasteiger partial charge on any atom is -0.494 e. The van der Waals surface area contributed by atoms with Gasteiger partial charge in [0, 0.05) is 6.04 Å². The van der Waals surface area contributed by atoms with Gasteiger partial charge in [0.25, 0.3) is 0 Å². The van der Waals surface area contributed by atoms with Crippen LogP contribution >= 0.6 is 0 Å². The van der Waals surface area contributed by atoms with Crippen molar-refractivity contribution in [2.24, 2.45) is 5.92 Å². The van der Waals surface area contributed by atoms with E-state index >= 15 is 0 Å². The highest BCUT2D eigenvalue weighted by Gasteiger charge is 2.23. The molecule has 3 atom stereocenters. The van der Waals surface area contributed by atoms with E-state index < -0.39 is 5.82 Å². The van der Waals surface area contributed by atoms with Crippen molar-refractivity contribution in [1.82, 2.24) is 10.6 Å². The number of amides is 2. The molecule has 0 aromatic heterocycles. The Morgan fingerprint density at radius 1 is 1.36 bits per heavy atom. The van der Waals surface area contributed by atoms with Gasteiger partial charge in [0.1, 0.15) is 0 Å². The van der Waals surface area contributed by atoms with Crippen LogP contribution in [0, 0.1) is 11.7 Å². The zero-order valence-electron chi connectivity index (χ0n) is 13.5. The van der Waals surface area contributed by atoms with Gasteiger partial charge in [-0.2, -0.15) is 0 Å². The number of halogens is 1. The molecule has 1 aromatic rings. The smallest absolute Gasteiger partial charge is 0.315 e. The van der Waals surface area contributed by atoms with E-state index in [-0.39, 0.29) is 23.9 Å². The van der Waals surface area contributed by atoms with E-state index in [0.29, 0.717) is 11.5 Å². The maximum Gasteiger partial charge on any atom is 0.315 e. The van der Waals surface area contributed by atoms with Crippen LogP contribution in [0.2, 0.25) is 0 Å². The Balaban J connectivity index is 1.91. The Kier molecular flexibility index (Phi) is 5.63. The fourth-order valence-corrected chi connectivity index (χ4v) is 2.97. The van der Waals surface area contributed by atoms with Crippen LogP contribution in [0.15, 0.2) is 18.2 Å². The SMILES string of the molecule is COc1ccc([C@H](C)NC(=O)N[C@@H]2CCCC[C@@H]2C)cc1F. The highest BCUT2D eigenvalue weighted by Crippen LogP contribution is 2.24. The van der Waals surface area contributed by atoms with Gasteiger partial charge in [0.2, 0.25) is 0 Å². The average Bonchev–Trinajstić information content (AvgIpc) is 2.49. The number of methoxy groups -OCH3 is 1. The van der Waals surface area contributed by atoms with Crippen molar-refractivity contribution in [3.8, 4) is 5.75 Å². The van der Waals surface area contributed by atoms with Gasteiger partial charge in [-0.05, 0) is 43.4 Å². The number of rotatable bonds is 4. The van der Waals surface area contributed by atoms with E-state index in [9.17, 15) is 9.18 Å². The molecule has 1 aliphatic rings. The number of carbonyl (C=O) groups is 1. The molecule has 1 aromatic carbocycles. The second kappa shape index (κ2) is 7.47. The van der Waals surface area contributed by atoms with Gasteiger partial charge in [-0.3, -0.25) is 0 Å². The Hall–Kier alpha value is -1.78.